The molecule has 0 saturated carbocycles. The smallest absolute Gasteiger partial charge is 0.246 e. The Morgan fingerprint density at radius 1 is 1.32 bits per heavy atom. The molecule has 1 fully saturated rings. The quantitative estimate of drug-likeness (QED) is 0.377. The maximum absolute atomic E-state index is 12.5. The number of aliphatic hydroxyl groups is 1. The summed E-state index contributed by atoms with van der Waals surface area (Å²) < 4.78 is 1.68. The molecule has 1 aliphatic rings. The van der Waals surface area contributed by atoms with Gasteiger partial charge in [0.05, 0.1) is 18.0 Å². The zero-order chi connectivity index (χ0) is 19.4. The van der Waals surface area contributed by atoms with Crippen molar-refractivity contribution in [1.29, 1.82) is 0 Å². The molecule has 1 saturated heterocycles. The Morgan fingerprint density at radius 3 is 2.61 bits per heavy atom. The van der Waals surface area contributed by atoms with Crippen LogP contribution in [0.3, 0.4) is 0 Å². The first kappa shape index (κ1) is 22.2. The zero-order valence-electron chi connectivity index (χ0n) is 16.4. The number of nitrogens with zero attached hydrogens (tertiary/aromatic N) is 5. The van der Waals surface area contributed by atoms with E-state index in [1.165, 1.54) is 0 Å². The summed E-state index contributed by atoms with van der Waals surface area (Å²) in [6.07, 6.45) is 2.88. The molecule has 0 aliphatic carbocycles. The number of hydrogen-bond acceptors (Lipinski definition) is 4. The molecule has 2 heterocycles. The molecular formula is C19H27IN6O2. The van der Waals surface area contributed by atoms with Crippen molar-refractivity contribution in [2.45, 2.75) is 13.0 Å². The fourth-order valence-corrected chi connectivity index (χ4v) is 3.10. The van der Waals surface area contributed by atoms with Gasteiger partial charge in [-0.2, -0.15) is 5.10 Å². The average Bonchev–Trinajstić information content (AvgIpc) is 3.09. The highest BCUT2D eigenvalue weighted by Crippen LogP contribution is 2.16. The summed E-state index contributed by atoms with van der Waals surface area (Å²) in [4.78, 5) is 20.4. The molecule has 28 heavy (non-hydrogen) atoms. The van der Waals surface area contributed by atoms with Gasteiger partial charge in [-0.05, 0) is 12.5 Å². The van der Waals surface area contributed by atoms with Crippen LogP contribution in [0.2, 0.25) is 0 Å². The summed E-state index contributed by atoms with van der Waals surface area (Å²) in [7, 11) is 3.51. The molecule has 1 aliphatic heterocycles. The van der Waals surface area contributed by atoms with Crippen LogP contribution in [-0.4, -0.2) is 64.9 Å². The predicted octanol–water partition coefficient (Wildman–Crippen LogP) is 1.30. The van der Waals surface area contributed by atoms with Gasteiger partial charge in [-0.25, -0.2) is 0 Å². The first-order chi connectivity index (χ1) is 13.0. The van der Waals surface area contributed by atoms with Crippen molar-refractivity contribution < 1.29 is 9.90 Å². The molecule has 0 radical (unpaired) electrons. The molecule has 0 spiro atoms. The lowest BCUT2D eigenvalue weighted by Crippen LogP contribution is -2.55. The van der Waals surface area contributed by atoms with Gasteiger partial charge in [0.25, 0.3) is 0 Å². The van der Waals surface area contributed by atoms with Crippen LogP contribution in [0, 0.1) is 6.92 Å². The van der Waals surface area contributed by atoms with Crippen LogP contribution in [0.5, 0.6) is 0 Å². The highest BCUT2D eigenvalue weighted by molar-refractivity contribution is 14.0. The van der Waals surface area contributed by atoms with Crippen molar-refractivity contribution in [3.8, 4) is 0 Å². The van der Waals surface area contributed by atoms with E-state index in [2.05, 4.69) is 15.4 Å². The number of aryl methyl sites for hydroxylation is 2. The van der Waals surface area contributed by atoms with Gasteiger partial charge in [0, 0.05) is 39.9 Å². The van der Waals surface area contributed by atoms with Crippen LogP contribution in [0.1, 0.15) is 17.2 Å². The summed E-state index contributed by atoms with van der Waals surface area (Å²) in [5, 5.41) is 17.7. The molecule has 0 bridgehead atoms. The van der Waals surface area contributed by atoms with Gasteiger partial charge >= 0.3 is 0 Å². The van der Waals surface area contributed by atoms with Crippen LogP contribution in [-0.2, 0) is 11.8 Å². The van der Waals surface area contributed by atoms with E-state index in [9.17, 15) is 9.90 Å². The molecule has 2 aromatic rings. The number of aliphatic hydroxyl groups excluding tert-OH is 1. The number of amides is 1. The number of nitrogens with one attached hydrogen (secondary N) is 1. The lowest BCUT2D eigenvalue weighted by Gasteiger charge is -2.35. The maximum atomic E-state index is 12.5. The van der Waals surface area contributed by atoms with E-state index in [1.54, 1.807) is 22.8 Å². The van der Waals surface area contributed by atoms with E-state index in [0.29, 0.717) is 25.6 Å². The molecule has 152 valence electrons. The van der Waals surface area contributed by atoms with E-state index in [1.807, 2.05) is 49.3 Å². The van der Waals surface area contributed by atoms with E-state index in [4.69, 9.17) is 0 Å². The fraction of sp³-hybridized carbons (Fsp3) is 0.421. The SMILES string of the molecule is CN=C(NCC(O)c1ccc(C)cc1)N1CCN(c2cnn(C)c2)C(=O)C1.I. The standard InChI is InChI=1S/C19H26N6O2.HI/c1-14-4-6-15(7-5-14)17(26)11-21-19(20-2)24-8-9-25(18(27)13-24)16-10-22-23(3)12-16;/h4-7,10,12,17,26H,8-9,11,13H2,1-3H3,(H,20,21);1H. The van der Waals surface area contributed by atoms with Crippen LogP contribution in [0.25, 0.3) is 0 Å². The molecule has 1 atom stereocenters. The van der Waals surface area contributed by atoms with Crippen molar-refractivity contribution in [2.24, 2.45) is 12.0 Å². The lowest BCUT2D eigenvalue weighted by molar-refractivity contribution is -0.120. The van der Waals surface area contributed by atoms with Crippen molar-refractivity contribution in [3.63, 3.8) is 0 Å². The number of carbonyl (C=O) groups excluding carboxylic acids is 1. The Balaban J connectivity index is 0.00000280. The van der Waals surface area contributed by atoms with Gasteiger partial charge in [0.1, 0.15) is 6.54 Å². The van der Waals surface area contributed by atoms with Crippen molar-refractivity contribution >= 4 is 41.5 Å². The van der Waals surface area contributed by atoms with Crippen molar-refractivity contribution in [3.05, 3.63) is 47.8 Å². The van der Waals surface area contributed by atoms with Crippen LogP contribution in [0.4, 0.5) is 5.69 Å². The van der Waals surface area contributed by atoms with Gasteiger partial charge in [-0.3, -0.25) is 14.5 Å². The minimum Gasteiger partial charge on any atom is -0.387 e. The zero-order valence-corrected chi connectivity index (χ0v) is 18.7. The van der Waals surface area contributed by atoms with Gasteiger partial charge in [-0.15, -0.1) is 24.0 Å². The number of guanidine groups is 1. The minimum absolute atomic E-state index is 0. The van der Waals surface area contributed by atoms with Crippen LogP contribution < -0.4 is 10.2 Å². The monoisotopic (exact) mass is 498 g/mol. The maximum Gasteiger partial charge on any atom is 0.246 e. The van der Waals surface area contributed by atoms with Gasteiger partial charge in [0.2, 0.25) is 5.91 Å². The van der Waals surface area contributed by atoms with E-state index >= 15 is 0 Å². The number of rotatable bonds is 4. The number of halogens is 1. The number of hydrogen-bond donors (Lipinski definition) is 2. The topological polar surface area (TPSA) is 86.0 Å². The number of aromatic nitrogens is 2. The van der Waals surface area contributed by atoms with E-state index in [0.717, 1.165) is 16.8 Å². The molecule has 1 unspecified atom stereocenters. The normalized spacial score (nSPS) is 16.0. The number of piperazine rings is 1. The molecule has 8 nitrogen and oxygen atoms in total. The third-order valence-corrected chi connectivity index (χ3v) is 4.65. The number of aliphatic imine (C=N–C) groups is 1. The first-order valence-corrected chi connectivity index (χ1v) is 8.97. The number of anilines is 1. The number of benzene rings is 1. The summed E-state index contributed by atoms with van der Waals surface area (Å²) in [5.74, 6) is 0.608. The number of carbonyl (C=O) groups is 1. The highest BCUT2D eigenvalue weighted by Gasteiger charge is 2.27. The molecule has 9 heteroatoms. The third-order valence-electron chi connectivity index (χ3n) is 4.65. The molecule has 1 aromatic carbocycles. The summed E-state index contributed by atoms with van der Waals surface area (Å²) in [6.45, 7) is 3.78. The van der Waals surface area contributed by atoms with E-state index < -0.39 is 6.10 Å². The Labute approximate surface area is 182 Å². The second-order valence-electron chi connectivity index (χ2n) is 6.69. The van der Waals surface area contributed by atoms with Gasteiger partial charge in [0.15, 0.2) is 5.96 Å². The fourth-order valence-electron chi connectivity index (χ4n) is 3.10. The molecule has 1 amide bonds. The van der Waals surface area contributed by atoms with Gasteiger partial charge < -0.3 is 20.2 Å². The highest BCUT2D eigenvalue weighted by atomic mass is 127. The second kappa shape index (κ2) is 9.87. The van der Waals surface area contributed by atoms with Crippen molar-refractivity contribution in [1.82, 2.24) is 20.0 Å². The molecule has 2 N–H and O–H groups in total. The minimum atomic E-state index is -0.644. The second-order valence-corrected chi connectivity index (χ2v) is 6.69. The summed E-state index contributed by atoms with van der Waals surface area (Å²) in [5.41, 5.74) is 2.81. The Kier molecular flexibility index (Phi) is 7.81. The Bertz CT molecular complexity index is 820. The Hall–Kier alpha value is -2.14. The predicted molar refractivity (Wildman–Crippen MR) is 120 cm³/mol. The summed E-state index contributed by atoms with van der Waals surface area (Å²) >= 11 is 0. The average molecular weight is 498 g/mol. The molecule has 3 rings (SSSR count). The first-order valence-electron chi connectivity index (χ1n) is 8.97. The van der Waals surface area contributed by atoms with Crippen LogP contribution >= 0.6 is 24.0 Å². The lowest BCUT2D eigenvalue weighted by atomic mass is 10.1. The Morgan fingerprint density at radius 2 is 2.04 bits per heavy atom. The largest absolute Gasteiger partial charge is 0.387 e. The third kappa shape index (κ3) is 5.22. The summed E-state index contributed by atoms with van der Waals surface area (Å²) in [6, 6.07) is 7.79. The molecule has 1 aromatic heterocycles. The van der Waals surface area contributed by atoms with E-state index in [-0.39, 0.29) is 36.4 Å². The van der Waals surface area contributed by atoms with Crippen molar-refractivity contribution in [2.75, 3.05) is 38.1 Å². The van der Waals surface area contributed by atoms with Gasteiger partial charge in [-0.1, -0.05) is 29.8 Å². The molecular weight excluding hydrogens is 471 g/mol. The van der Waals surface area contributed by atoms with Crippen LogP contribution in [0.15, 0.2) is 41.7 Å².